The minimum absolute atomic E-state index is 0.266. The molecule has 0 atom stereocenters. The number of rotatable bonds is 4. The van der Waals surface area contributed by atoms with Gasteiger partial charge in [0.1, 0.15) is 11.6 Å². The van der Waals surface area contributed by atoms with E-state index in [1.165, 1.54) is 12.1 Å². The summed E-state index contributed by atoms with van der Waals surface area (Å²) in [5.74, 6) is 0.792. The Hall–Kier alpha value is -1.88. The van der Waals surface area contributed by atoms with Gasteiger partial charge >= 0.3 is 0 Å². The minimum atomic E-state index is -0.266. The molecule has 0 fully saturated rings. The number of imidazole rings is 2. The number of hydrogen-bond donors (Lipinski definition) is 0. The van der Waals surface area contributed by atoms with Gasteiger partial charge in [-0.05, 0) is 18.2 Å². The van der Waals surface area contributed by atoms with E-state index in [0.717, 1.165) is 23.4 Å². The molecule has 98 valence electrons. The molecule has 2 heterocycles. The van der Waals surface area contributed by atoms with Gasteiger partial charge in [-0.2, -0.15) is 0 Å². The van der Waals surface area contributed by atoms with Gasteiger partial charge in [-0.15, -0.1) is 11.6 Å². The SMILES string of the molecule is Fc1ccc2nc(CCl)n(CCn3ccnc3)c2c1. The summed E-state index contributed by atoms with van der Waals surface area (Å²) in [6.45, 7) is 1.42. The molecule has 0 amide bonds. The fourth-order valence-electron chi connectivity index (χ4n) is 2.13. The number of fused-ring (bicyclic) bond motifs is 1. The van der Waals surface area contributed by atoms with E-state index in [2.05, 4.69) is 9.97 Å². The standard InChI is InChI=1S/C13H12ClFN4/c14-8-13-17-11-2-1-10(15)7-12(11)19(13)6-5-18-4-3-16-9-18/h1-4,7,9H,5-6,8H2. The summed E-state index contributed by atoms with van der Waals surface area (Å²) in [6.07, 6.45) is 5.37. The van der Waals surface area contributed by atoms with Gasteiger partial charge in [0, 0.05) is 25.5 Å². The third-order valence-corrected chi connectivity index (χ3v) is 3.29. The molecule has 4 nitrogen and oxygen atoms in total. The van der Waals surface area contributed by atoms with Gasteiger partial charge in [0.15, 0.2) is 0 Å². The molecule has 6 heteroatoms. The Balaban J connectivity index is 1.97. The number of benzene rings is 1. The van der Waals surface area contributed by atoms with E-state index in [1.807, 2.05) is 15.3 Å². The number of halogens is 2. The van der Waals surface area contributed by atoms with Crippen LogP contribution >= 0.6 is 11.6 Å². The van der Waals surface area contributed by atoms with Gasteiger partial charge in [-0.25, -0.2) is 14.4 Å². The second kappa shape index (κ2) is 5.01. The van der Waals surface area contributed by atoms with Gasteiger partial charge in [0.2, 0.25) is 0 Å². The van der Waals surface area contributed by atoms with Gasteiger partial charge in [0.05, 0.1) is 23.2 Å². The topological polar surface area (TPSA) is 35.6 Å². The normalized spacial score (nSPS) is 11.3. The first kappa shape index (κ1) is 12.2. The zero-order valence-corrected chi connectivity index (χ0v) is 10.9. The van der Waals surface area contributed by atoms with E-state index in [4.69, 9.17) is 11.6 Å². The van der Waals surface area contributed by atoms with Crippen LogP contribution in [0.25, 0.3) is 11.0 Å². The van der Waals surface area contributed by atoms with Crippen LogP contribution in [-0.2, 0) is 19.0 Å². The third kappa shape index (κ3) is 2.33. The zero-order chi connectivity index (χ0) is 13.2. The smallest absolute Gasteiger partial charge is 0.125 e. The lowest BCUT2D eigenvalue weighted by molar-refractivity contribution is 0.575. The van der Waals surface area contributed by atoms with E-state index in [1.54, 1.807) is 18.6 Å². The predicted octanol–water partition coefficient (Wildman–Crippen LogP) is 2.81. The summed E-state index contributed by atoms with van der Waals surface area (Å²) in [4.78, 5) is 8.40. The van der Waals surface area contributed by atoms with Crippen molar-refractivity contribution >= 4 is 22.6 Å². The summed E-state index contributed by atoms with van der Waals surface area (Å²) >= 11 is 5.91. The number of alkyl halides is 1. The van der Waals surface area contributed by atoms with Crippen molar-refractivity contribution in [3.8, 4) is 0 Å². The Bertz CT molecular complexity index is 690. The van der Waals surface area contributed by atoms with Crippen molar-refractivity contribution in [2.75, 3.05) is 0 Å². The number of hydrogen-bond acceptors (Lipinski definition) is 2. The van der Waals surface area contributed by atoms with Crippen molar-refractivity contribution in [1.29, 1.82) is 0 Å². The zero-order valence-electron chi connectivity index (χ0n) is 10.1. The molecular weight excluding hydrogens is 267 g/mol. The fourth-order valence-corrected chi connectivity index (χ4v) is 2.34. The molecule has 0 saturated carbocycles. The number of aryl methyl sites for hydroxylation is 2. The highest BCUT2D eigenvalue weighted by atomic mass is 35.5. The molecule has 0 spiro atoms. The van der Waals surface area contributed by atoms with Crippen molar-refractivity contribution in [2.45, 2.75) is 19.0 Å². The van der Waals surface area contributed by atoms with Crippen LogP contribution in [0.15, 0.2) is 36.9 Å². The first-order valence-corrected chi connectivity index (χ1v) is 6.48. The Labute approximate surface area is 114 Å². The highest BCUT2D eigenvalue weighted by Crippen LogP contribution is 2.19. The second-order valence-corrected chi connectivity index (χ2v) is 4.51. The van der Waals surface area contributed by atoms with Crippen LogP contribution in [0.4, 0.5) is 4.39 Å². The van der Waals surface area contributed by atoms with Crippen LogP contribution in [0, 0.1) is 5.82 Å². The highest BCUT2D eigenvalue weighted by Gasteiger charge is 2.10. The number of aromatic nitrogens is 4. The summed E-state index contributed by atoms with van der Waals surface area (Å²) < 4.78 is 17.3. The number of nitrogens with zero attached hydrogens (tertiary/aromatic N) is 4. The molecule has 0 bridgehead atoms. The lowest BCUT2D eigenvalue weighted by Gasteiger charge is -2.08. The molecule has 0 aliphatic carbocycles. The predicted molar refractivity (Wildman–Crippen MR) is 71.5 cm³/mol. The Morgan fingerprint density at radius 1 is 1.26 bits per heavy atom. The van der Waals surface area contributed by atoms with E-state index < -0.39 is 0 Å². The summed E-state index contributed by atoms with van der Waals surface area (Å²) in [5, 5.41) is 0. The van der Waals surface area contributed by atoms with Crippen LogP contribution in [0.3, 0.4) is 0 Å². The molecule has 3 aromatic rings. The van der Waals surface area contributed by atoms with Crippen LogP contribution in [0.2, 0.25) is 0 Å². The van der Waals surface area contributed by atoms with E-state index in [-0.39, 0.29) is 5.82 Å². The Morgan fingerprint density at radius 3 is 2.89 bits per heavy atom. The lowest BCUT2D eigenvalue weighted by atomic mass is 10.3. The monoisotopic (exact) mass is 278 g/mol. The van der Waals surface area contributed by atoms with Crippen molar-refractivity contribution < 1.29 is 4.39 Å². The maximum Gasteiger partial charge on any atom is 0.125 e. The van der Waals surface area contributed by atoms with Gasteiger partial charge in [-0.3, -0.25) is 0 Å². The van der Waals surface area contributed by atoms with Crippen molar-refractivity contribution in [3.05, 3.63) is 48.6 Å². The highest BCUT2D eigenvalue weighted by molar-refractivity contribution is 6.16. The molecule has 1 aromatic carbocycles. The third-order valence-electron chi connectivity index (χ3n) is 3.05. The van der Waals surface area contributed by atoms with Crippen molar-refractivity contribution in [3.63, 3.8) is 0 Å². The van der Waals surface area contributed by atoms with Gasteiger partial charge in [-0.1, -0.05) is 0 Å². The van der Waals surface area contributed by atoms with Crippen LogP contribution in [-0.4, -0.2) is 19.1 Å². The molecule has 2 aromatic heterocycles. The largest absolute Gasteiger partial charge is 0.336 e. The van der Waals surface area contributed by atoms with Crippen LogP contribution in [0.5, 0.6) is 0 Å². The Morgan fingerprint density at radius 2 is 2.16 bits per heavy atom. The summed E-state index contributed by atoms with van der Waals surface area (Å²) in [6, 6.07) is 4.58. The molecule has 0 radical (unpaired) electrons. The quantitative estimate of drug-likeness (QED) is 0.688. The fraction of sp³-hybridized carbons (Fsp3) is 0.231. The summed E-state index contributed by atoms with van der Waals surface area (Å²) in [7, 11) is 0. The first-order valence-electron chi connectivity index (χ1n) is 5.94. The lowest BCUT2D eigenvalue weighted by Crippen LogP contribution is -2.08. The molecule has 0 N–H and O–H groups in total. The molecule has 3 rings (SSSR count). The molecular formula is C13H12ClFN4. The summed E-state index contributed by atoms with van der Waals surface area (Å²) in [5.41, 5.74) is 1.54. The first-order chi connectivity index (χ1) is 9.28. The minimum Gasteiger partial charge on any atom is -0.336 e. The Kier molecular flexibility index (Phi) is 3.21. The van der Waals surface area contributed by atoms with Crippen LogP contribution < -0.4 is 0 Å². The molecule has 19 heavy (non-hydrogen) atoms. The maximum atomic E-state index is 13.4. The van der Waals surface area contributed by atoms with E-state index in [9.17, 15) is 4.39 Å². The molecule has 0 saturated heterocycles. The average molecular weight is 279 g/mol. The van der Waals surface area contributed by atoms with Gasteiger partial charge in [0.25, 0.3) is 0 Å². The molecule has 0 aliphatic heterocycles. The van der Waals surface area contributed by atoms with E-state index >= 15 is 0 Å². The molecule has 0 unspecified atom stereocenters. The van der Waals surface area contributed by atoms with E-state index in [0.29, 0.717) is 12.4 Å². The molecule has 0 aliphatic rings. The van der Waals surface area contributed by atoms with Crippen molar-refractivity contribution in [2.24, 2.45) is 0 Å². The van der Waals surface area contributed by atoms with Gasteiger partial charge < -0.3 is 9.13 Å². The maximum absolute atomic E-state index is 13.4. The van der Waals surface area contributed by atoms with Crippen molar-refractivity contribution in [1.82, 2.24) is 19.1 Å². The second-order valence-electron chi connectivity index (χ2n) is 4.25. The average Bonchev–Trinajstić information content (AvgIpc) is 3.03. The van der Waals surface area contributed by atoms with Crippen LogP contribution in [0.1, 0.15) is 5.82 Å².